The number of nitrogens with zero attached hydrogens (tertiary/aromatic N) is 2. The summed E-state index contributed by atoms with van der Waals surface area (Å²) < 4.78 is 28.5. The van der Waals surface area contributed by atoms with Crippen LogP contribution in [-0.2, 0) is 10.2 Å². The Morgan fingerprint density at radius 1 is 1.00 bits per heavy atom. The lowest BCUT2D eigenvalue weighted by molar-refractivity contribution is 0.267. The minimum absolute atomic E-state index is 0.0383. The fourth-order valence-corrected chi connectivity index (χ4v) is 5.30. The van der Waals surface area contributed by atoms with Crippen LogP contribution in [0.25, 0.3) is 0 Å². The summed E-state index contributed by atoms with van der Waals surface area (Å²) >= 11 is 6.33. The van der Waals surface area contributed by atoms with E-state index in [1.54, 1.807) is 11.4 Å². The quantitative estimate of drug-likeness (QED) is 0.752. The number of halogens is 1. The Morgan fingerprint density at radius 3 is 2.16 bits per heavy atom. The Kier molecular flexibility index (Phi) is 5.52. The summed E-state index contributed by atoms with van der Waals surface area (Å²) in [7, 11) is -1.64. The van der Waals surface area contributed by atoms with Crippen molar-refractivity contribution in [3.63, 3.8) is 0 Å². The van der Waals surface area contributed by atoms with Crippen molar-refractivity contribution in [2.24, 2.45) is 0 Å². The van der Waals surface area contributed by atoms with Crippen molar-refractivity contribution in [1.82, 2.24) is 8.61 Å². The van der Waals surface area contributed by atoms with Gasteiger partial charge in [0.15, 0.2) is 0 Å². The van der Waals surface area contributed by atoms with Crippen LogP contribution in [0.2, 0.25) is 0 Å². The average Bonchev–Trinajstić information content (AvgIpc) is 2.67. The minimum Gasteiger partial charge on any atom is -0.195 e. The number of hydrogen-bond acceptors (Lipinski definition) is 2. The Hall–Kier alpha value is 0.160. The molecule has 0 radical (unpaired) electrons. The van der Waals surface area contributed by atoms with E-state index in [9.17, 15) is 8.42 Å². The summed E-state index contributed by atoms with van der Waals surface area (Å²) in [6.07, 6.45) is 8.22. The monoisotopic (exact) mass is 308 g/mol. The van der Waals surface area contributed by atoms with Crippen LogP contribution in [0.4, 0.5) is 0 Å². The van der Waals surface area contributed by atoms with Gasteiger partial charge in [-0.1, -0.05) is 25.7 Å². The molecule has 1 heterocycles. The van der Waals surface area contributed by atoms with Gasteiger partial charge in [0.25, 0.3) is 10.2 Å². The highest BCUT2D eigenvalue weighted by Crippen LogP contribution is 2.29. The highest BCUT2D eigenvalue weighted by Gasteiger charge is 2.36. The van der Waals surface area contributed by atoms with Crippen LogP contribution in [0.15, 0.2) is 0 Å². The average molecular weight is 309 g/mol. The van der Waals surface area contributed by atoms with Crippen LogP contribution < -0.4 is 0 Å². The van der Waals surface area contributed by atoms with Gasteiger partial charge in [-0.2, -0.15) is 17.0 Å². The second-order valence-corrected chi connectivity index (χ2v) is 8.25. The van der Waals surface area contributed by atoms with Crippen LogP contribution in [0, 0.1) is 0 Å². The second kappa shape index (κ2) is 6.74. The summed E-state index contributed by atoms with van der Waals surface area (Å²) in [5.41, 5.74) is 0. The van der Waals surface area contributed by atoms with Crippen LogP contribution in [0.3, 0.4) is 0 Å². The standard InChI is InChI=1S/C13H25ClN2O2S/c1-15(13-9-5-4-8-12(13)14)19(17,18)16-10-6-2-3-7-11-16/h12-13H,2-11H2,1H3. The largest absolute Gasteiger partial charge is 0.282 e. The Morgan fingerprint density at radius 2 is 1.58 bits per heavy atom. The summed E-state index contributed by atoms with van der Waals surface area (Å²) in [6.45, 7) is 1.32. The van der Waals surface area contributed by atoms with Crippen molar-refractivity contribution in [3.05, 3.63) is 0 Å². The van der Waals surface area contributed by atoms with Gasteiger partial charge < -0.3 is 0 Å². The highest BCUT2D eigenvalue weighted by atomic mass is 35.5. The van der Waals surface area contributed by atoms with Gasteiger partial charge in [-0.15, -0.1) is 11.6 Å². The maximum absolute atomic E-state index is 12.7. The molecule has 0 spiro atoms. The maximum Gasteiger partial charge on any atom is 0.282 e. The van der Waals surface area contributed by atoms with Gasteiger partial charge in [0, 0.05) is 26.2 Å². The first-order valence-corrected chi connectivity index (χ1v) is 9.24. The van der Waals surface area contributed by atoms with Gasteiger partial charge in [0.2, 0.25) is 0 Å². The number of rotatable bonds is 3. The minimum atomic E-state index is -3.34. The van der Waals surface area contributed by atoms with Crippen molar-refractivity contribution < 1.29 is 8.42 Å². The molecule has 0 amide bonds. The van der Waals surface area contributed by atoms with Gasteiger partial charge >= 0.3 is 0 Å². The molecule has 2 atom stereocenters. The summed E-state index contributed by atoms with van der Waals surface area (Å²) in [5.74, 6) is 0. The van der Waals surface area contributed by atoms with E-state index in [-0.39, 0.29) is 11.4 Å². The smallest absolute Gasteiger partial charge is 0.195 e. The molecule has 2 rings (SSSR count). The predicted octanol–water partition coefficient (Wildman–Crippen LogP) is 2.59. The molecule has 0 aromatic rings. The lowest BCUT2D eigenvalue weighted by atomic mass is 9.95. The van der Waals surface area contributed by atoms with E-state index in [2.05, 4.69) is 0 Å². The molecule has 0 aromatic heterocycles. The molecule has 2 aliphatic rings. The Labute approximate surface area is 122 Å². The third kappa shape index (κ3) is 3.63. The molecule has 112 valence electrons. The lowest BCUT2D eigenvalue weighted by Crippen LogP contribution is -2.50. The molecule has 1 saturated carbocycles. The molecule has 0 N–H and O–H groups in total. The summed E-state index contributed by atoms with van der Waals surface area (Å²) in [5, 5.41) is -0.0412. The molecule has 0 aromatic carbocycles. The van der Waals surface area contributed by atoms with Crippen LogP contribution in [-0.4, -0.2) is 48.6 Å². The van der Waals surface area contributed by atoms with Gasteiger partial charge in [0.1, 0.15) is 0 Å². The van der Waals surface area contributed by atoms with Crippen molar-refractivity contribution in [1.29, 1.82) is 0 Å². The Bertz CT molecular complexity index is 380. The molecule has 1 aliphatic carbocycles. The zero-order valence-electron chi connectivity index (χ0n) is 11.7. The number of alkyl halides is 1. The van der Waals surface area contributed by atoms with Crippen LogP contribution >= 0.6 is 11.6 Å². The van der Waals surface area contributed by atoms with E-state index < -0.39 is 10.2 Å². The number of hydrogen-bond donors (Lipinski definition) is 0. The van der Waals surface area contributed by atoms with Crippen molar-refractivity contribution in [3.8, 4) is 0 Å². The highest BCUT2D eigenvalue weighted by molar-refractivity contribution is 7.86. The summed E-state index contributed by atoms with van der Waals surface area (Å²) in [4.78, 5) is 0. The Balaban J connectivity index is 2.08. The van der Waals surface area contributed by atoms with E-state index >= 15 is 0 Å². The van der Waals surface area contributed by atoms with Crippen molar-refractivity contribution in [2.45, 2.75) is 62.8 Å². The molecule has 2 fully saturated rings. The van der Waals surface area contributed by atoms with Gasteiger partial charge in [-0.05, 0) is 25.7 Å². The first-order valence-electron chi connectivity index (χ1n) is 7.40. The molecular weight excluding hydrogens is 284 g/mol. The first kappa shape index (κ1) is 15.5. The van der Waals surface area contributed by atoms with E-state index in [4.69, 9.17) is 11.6 Å². The van der Waals surface area contributed by atoms with Crippen LogP contribution in [0.1, 0.15) is 51.4 Å². The topological polar surface area (TPSA) is 40.6 Å². The molecular formula is C13H25ClN2O2S. The molecule has 19 heavy (non-hydrogen) atoms. The zero-order valence-corrected chi connectivity index (χ0v) is 13.3. The molecule has 2 unspecified atom stereocenters. The molecule has 0 bridgehead atoms. The van der Waals surface area contributed by atoms with Crippen molar-refractivity contribution >= 4 is 21.8 Å². The van der Waals surface area contributed by atoms with E-state index in [0.717, 1.165) is 51.4 Å². The third-order valence-corrected chi connectivity index (χ3v) is 6.90. The van der Waals surface area contributed by atoms with Gasteiger partial charge in [0.05, 0.1) is 5.38 Å². The molecule has 1 saturated heterocycles. The van der Waals surface area contributed by atoms with Crippen LogP contribution in [0.5, 0.6) is 0 Å². The SMILES string of the molecule is CN(C1CCCCC1Cl)S(=O)(=O)N1CCCCCC1. The van der Waals surface area contributed by atoms with Gasteiger partial charge in [-0.25, -0.2) is 0 Å². The zero-order chi connectivity index (χ0) is 13.9. The molecule has 1 aliphatic heterocycles. The normalized spacial score (nSPS) is 31.3. The van der Waals surface area contributed by atoms with E-state index in [1.165, 1.54) is 4.31 Å². The van der Waals surface area contributed by atoms with Crippen molar-refractivity contribution in [2.75, 3.05) is 20.1 Å². The lowest BCUT2D eigenvalue weighted by Gasteiger charge is -2.36. The second-order valence-electron chi connectivity index (χ2n) is 5.71. The van der Waals surface area contributed by atoms with E-state index in [1.807, 2.05) is 0 Å². The van der Waals surface area contributed by atoms with E-state index in [0.29, 0.717) is 13.1 Å². The molecule has 4 nitrogen and oxygen atoms in total. The fraction of sp³-hybridized carbons (Fsp3) is 1.00. The maximum atomic E-state index is 12.7. The summed E-state index contributed by atoms with van der Waals surface area (Å²) in [6, 6.07) is -0.0383. The van der Waals surface area contributed by atoms with Gasteiger partial charge in [-0.3, -0.25) is 0 Å². The first-order chi connectivity index (χ1) is 9.03. The predicted molar refractivity (Wildman–Crippen MR) is 78.6 cm³/mol. The molecule has 6 heteroatoms. The fourth-order valence-electron chi connectivity index (χ4n) is 3.10. The third-order valence-electron chi connectivity index (χ3n) is 4.37.